The molecule has 0 aromatic carbocycles. The lowest BCUT2D eigenvalue weighted by Crippen LogP contribution is -2.44. The third-order valence-electron chi connectivity index (χ3n) is 4.63. The summed E-state index contributed by atoms with van der Waals surface area (Å²) in [5, 5.41) is 11.9. The molecule has 1 fully saturated rings. The van der Waals surface area contributed by atoms with Gasteiger partial charge >= 0.3 is 12.1 Å². The molecule has 23 heavy (non-hydrogen) atoms. The maximum absolute atomic E-state index is 11.8. The molecule has 0 aliphatic heterocycles. The van der Waals surface area contributed by atoms with E-state index in [0.29, 0.717) is 23.7 Å². The number of hydrogen-bond donors (Lipinski definition) is 2. The van der Waals surface area contributed by atoms with Gasteiger partial charge in [0.15, 0.2) is 0 Å². The van der Waals surface area contributed by atoms with Gasteiger partial charge in [0.05, 0.1) is 0 Å². The van der Waals surface area contributed by atoms with Crippen molar-refractivity contribution in [2.24, 2.45) is 17.3 Å². The maximum Gasteiger partial charge on any atom is 0.408 e. The minimum Gasteiger partial charge on any atom is -0.480 e. The molecular formula is C18H33NO4. The molecule has 1 rings (SSSR count). The van der Waals surface area contributed by atoms with Crippen molar-refractivity contribution in [2.45, 2.75) is 85.3 Å². The fourth-order valence-corrected chi connectivity index (χ4v) is 3.27. The van der Waals surface area contributed by atoms with Crippen molar-refractivity contribution in [1.82, 2.24) is 5.32 Å². The second kappa shape index (κ2) is 7.54. The average Bonchev–Trinajstić information content (AvgIpc) is 2.35. The van der Waals surface area contributed by atoms with Gasteiger partial charge in [0.2, 0.25) is 0 Å². The molecule has 5 heteroatoms. The molecule has 0 heterocycles. The summed E-state index contributed by atoms with van der Waals surface area (Å²) in [6, 6.07) is -0.874. The van der Waals surface area contributed by atoms with Crippen LogP contribution in [0, 0.1) is 17.3 Å². The van der Waals surface area contributed by atoms with Crippen molar-refractivity contribution in [3.05, 3.63) is 0 Å². The first-order valence-corrected chi connectivity index (χ1v) is 8.61. The van der Waals surface area contributed by atoms with Crippen LogP contribution in [-0.4, -0.2) is 28.8 Å². The highest BCUT2D eigenvalue weighted by Gasteiger charge is 2.32. The molecule has 1 amide bonds. The third-order valence-corrected chi connectivity index (χ3v) is 4.63. The summed E-state index contributed by atoms with van der Waals surface area (Å²) in [6.07, 6.45) is 4.14. The van der Waals surface area contributed by atoms with Crippen molar-refractivity contribution in [3.63, 3.8) is 0 Å². The molecule has 0 bridgehead atoms. The molecule has 5 nitrogen and oxygen atoms in total. The quantitative estimate of drug-likeness (QED) is 0.811. The van der Waals surface area contributed by atoms with Crippen LogP contribution in [-0.2, 0) is 9.53 Å². The van der Waals surface area contributed by atoms with Crippen LogP contribution in [0.2, 0.25) is 0 Å². The van der Waals surface area contributed by atoms with E-state index in [1.165, 1.54) is 0 Å². The largest absolute Gasteiger partial charge is 0.480 e. The second-order valence-electron chi connectivity index (χ2n) is 8.86. The molecule has 134 valence electrons. The van der Waals surface area contributed by atoms with E-state index in [1.54, 1.807) is 20.8 Å². The zero-order chi connectivity index (χ0) is 17.8. The Morgan fingerprint density at radius 2 is 1.61 bits per heavy atom. The van der Waals surface area contributed by atoms with Gasteiger partial charge in [-0.15, -0.1) is 0 Å². The smallest absolute Gasteiger partial charge is 0.408 e. The first-order chi connectivity index (χ1) is 10.4. The molecule has 1 unspecified atom stereocenters. The molecule has 0 spiro atoms. The summed E-state index contributed by atoms with van der Waals surface area (Å²) in [4.78, 5) is 23.2. The Labute approximate surface area is 140 Å². The van der Waals surface area contributed by atoms with Gasteiger partial charge in [-0.3, -0.25) is 0 Å². The van der Waals surface area contributed by atoms with Crippen LogP contribution < -0.4 is 5.32 Å². The fraction of sp³-hybridized carbons (Fsp3) is 0.889. The van der Waals surface area contributed by atoms with Crippen molar-refractivity contribution in [2.75, 3.05) is 0 Å². The summed E-state index contributed by atoms with van der Waals surface area (Å²) in [5.74, 6) is 0.0549. The van der Waals surface area contributed by atoms with E-state index in [0.717, 1.165) is 25.7 Å². The lowest BCUT2D eigenvalue weighted by atomic mass is 9.69. The van der Waals surface area contributed by atoms with Crippen molar-refractivity contribution < 1.29 is 19.4 Å². The van der Waals surface area contributed by atoms with Gasteiger partial charge in [-0.1, -0.05) is 33.6 Å². The van der Waals surface area contributed by atoms with E-state index >= 15 is 0 Å². The van der Waals surface area contributed by atoms with Crippen molar-refractivity contribution >= 4 is 12.1 Å². The van der Waals surface area contributed by atoms with Crippen LogP contribution in [0.5, 0.6) is 0 Å². The van der Waals surface area contributed by atoms with Crippen LogP contribution in [0.3, 0.4) is 0 Å². The summed E-state index contributed by atoms with van der Waals surface area (Å²) in [6.45, 7) is 12.1. The second-order valence-corrected chi connectivity index (χ2v) is 8.86. The highest BCUT2D eigenvalue weighted by Crippen LogP contribution is 2.40. The van der Waals surface area contributed by atoms with Crippen molar-refractivity contribution in [3.8, 4) is 0 Å². The lowest BCUT2D eigenvalue weighted by Gasteiger charge is -2.37. The van der Waals surface area contributed by atoms with E-state index in [1.807, 2.05) is 0 Å². The molecule has 2 N–H and O–H groups in total. The van der Waals surface area contributed by atoms with Crippen LogP contribution >= 0.6 is 0 Å². The number of ether oxygens (including phenoxy) is 1. The lowest BCUT2D eigenvalue weighted by molar-refractivity contribution is -0.140. The van der Waals surface area contributed by atoms with E-state index in [2.05, 4.69) is 26.1 Å². The summed E-state index contributed by atoms with van der Waals surface area (Å²) in [5.41, 5.74) is -0.316. The van der Waals surface area contributed by atoms with E-state index in [9.17, 15) is 14.7 Å². The number of carboxylic acids is 1. The Kier molecular flexibility index (Phi) is 6.49. The number of carbonyl (C=O) groups excluding carboxylic acids is 1. The summed E-state index contributed by atoms with van der Waals surface area (Å²) >= 11 is 0. The Balaban J connectivity index is 2.52. The van der Waals surface area contributed by atoms with E-state index in [4.69, 9.17) is 4.74 Å². The minimum atomic E-state index is -0.992. The molecule has 1 aliphatic carbocycles. The van der Waals surface area contributed by atoms with E-state index < -0.39 is 23.7 Å². The van der Waals surface area contributed by atoms with Crippen LogP contribution in [0.4, 0.5) is 4.79 Å². The van der Waals surface area contributed by atoms with Gasteiger partial charge < -0.3 is 15.2 Å². The highest BCUT2D eigenvalue weighted by molar-refractivity contribution is 5.80. The van der Waals surface area contributed by atoms with Gasteiger partial charge in [-0.05, 0) is 57.3 Å². The van der Waals surface area contributed by atoms with Crippen LogP contribution in [0.25, 0.3) is 0 Å². The van der Waals surface area contributed by atoms with Crippen LogP contribution in [0.15, 0.2) is 0 Å². The SMILES string of the molecule is CC(C)(C)OC(=O)NC(CC1CCC(C(C)(C)C)CC1)C(=O)O. The average molecular weight is 327 g/mol. The van der Waals surface area contributed by atoms with Crippen molar-refractivity contribution in [1.29, 1.82) is 0 Å². The highest BCUT2D eigenvalue weighted by atomic mass is 16.6. The zero-order valence-corrected chi connectivity index (χ0v) is 15.4. The zero-order valence-electron chi connectivity index (χ0n) is 15.4. The third kappa shape index (κ3) is 7.23. The fourth-order valence-electron chi connectivity index (χ4n) is 3.27. The maximum atomic E-state index is 11.8. The minimum absolute atomic E-state index is 0.311. The first-order valence-electron chi connectivity index (χ1n) is 8.61. The standard InChI is InChI=1S/C18H33NO4/c1-17(2,3)13-9-7-12(8-10-13)11-14(15(20)21)19-16(22)23-18(4,5)6/h12-14H,7-11H2,1-6H3,(H,19,22)(H,20,21). The van der Waals surface area contributed by atoms with Crippen LogP contribution in [0.1, 0.15) is 73.6 Å². The molecule has 0 radical (unpaired) electrons. The number of hydrogen-bond acceptors (Lipinski definition) is 3. The number of nitrogens with one attached hydrogen (secondary N) is 1. The number of aliphatic carboxylic acids is 1. The normalized spacial score (nSPS) is 23.9. The van der Waals surface area contributed by atoms with Gasteiger partial charge in [0, 0.05) is 0 Å². The number of carbonyl (C=O) groups is 2. The Morgan fingerprint density at radius 3 is 2.00 bits per heavy atom. The number of amides is 1. The van der Waals surface area contributed by atoms with Gasteiger partial charge in [-0.25, -0.2) is 9.59 Å². The Hall–Kier alpha value is -1.26. The molecule has 0 saturated heterocycles. The van der Waals surface area contributed by atoms with Gasteiger partial charge in [-0.2, -0.15) is 0 Å². The number of rotatable bonds is 4. The molecule has 1 aliphatic rings. The summed E-state index contributed by atoms with van der Waals surface area (Å²) in [7, 11) is 0. The van der Waals surface area contributed by atoms with Gasteiger partial charge in [0.25, 0.3) is 0 Å². The van der Waals surface area contributed by atoms with Gasteiger partial charge in [0.1, 0.15) is 11.6 Å². The molecule has 1 saturated carbocycles. The number of carboxylic acid groups (broad SMARTS) is 1. The molecule has 0 aromatic heterocycles. The Morgan fingerprint density at radius 1 is 1.09 bits per heavy atom. The predicted octanol–water partition coefficient (Wildman–Crippen LogP) is 4.21. The topological polar surface area (TPSA) is 75.6 Å². The first kappa shape index (κ1) is 19.8. The molecule has 0 aromatic rings. The predicted molar refractivity (Wildman–Crippen MR) is 90.3 cm³/mol. The number of alkyl carbamates (subject to hydrolysis) is 1. The molecular weight excluding hydrogens is 294 g/mol. The molecule has 1 atom stereocenters. The summed E-state index contributed by atoms with van der Waals surface area (Å²) < 4.78 is 5.16. The van der Waals surface area contributed by atoms with E-state index in [-0.39, 0.29) is 0 Å². The Bertz CT molecular complexity index is 412. The monoisotopic (exact) mass is 327 g/mol.